The molecule has 1 amide bonds. The SMILES string of the molecule is C=CCC(=O)N1CC(n2cc(C(=O)O)nn2)C1. The Morgan fingerprint density at radius 3 is 2.82 bits per heavy atom. The van der Waals surface area contributed by atoms with Gasteiger partial charge in [0.2, 0.25) is 5.91 Å². The summed E-state index contributed by atoms with van der Waals surface area (Å²) in [6.45, 7) is 4.57. The van der Waals surface area contributed by atoms with Crippen molar-refractivity contribution in [2.75, 3.05) is 13.1 Å². The molecule has 0 bridgehead atoms. The predicted molar refractivity (Wildman–Crippen MR) is 57.4 cm³/mol. The third kappa shape index (κ3) is 2.17. The molecule has 1 aliphatic heterocycles. The molecule has 17 heavy (non-hydrogen) atoms. The summed E-state index contributed by atoms with van der Waals surface area (Å²) < 4.78 is 1.49. The Bertz CT molecular complexity index is 462. The number of rotatable bonds is 4. The van der Waals surface area contributed by atoms with E-state index in [1.54, 1.807) is 11.0 Å². The number of nitrogens with zero attached hydrogens (tertiary/aromatic N) is 4. The highest BCUT2D eigenvalue weighted by atomic mass is 16.4. The maximum atomic E-state index is 11.4. The van der Waals surface area contributed by atoms with Gasteiger partial charge in [-0.2, -0.15) is 0 Å². The summed E-state index contributed by atoms with van der Waals surface area (Å²) in [5.41, 5.74) is -0.0825. The van der Waals surface area contributed by atoms with Crippen molar-refractivity contribution in [2.24, 2.45) is 0 Å². The minimum atomic E-state index is -1.10. The number of amides is 1. The molecule has 1 aromatic rings. The lowest BCUT2D eigenvalue weighted by Gasteiger charge is -2.38. The summed E-state index contributed by atoms with van der Waals surface area (Å²) >= 11 is 0. The Hall–Kier alpha value is -2.18. The Kier molecular flexibility index (Phi) is 2.90. The number of carboxylic acid groups (broad SMARTS) is 1. The molecule has 1 fully saturated rings. The fraction of sp³-hybridized carbons (Fsp3) is 0.400. The Labute approximate surface area is 97.3 Å². The van der Waals surface area contributed by atoms with Gasteiger partial charge in [0.05, 0.1) is 12.2 Å². The van der Waals surface area contributed by atoms with Crippen molar-refractivity contribution in [3.8, 4) is 0 Å². The van der Waals surface area contributed by atoms with Gasteiger partial charge in [-0.05, 0) is 0 Å². The zero-order chi connectivity index (χ0) is 12.4. The summed E-state index contributed by atoms with van der Waals surface area (Å²) in [6.07, 6.45) is 3.26. The Morgan fingerprint density at radius 1 is 1.59 bits per heavy atom. The van der Waals surface area contributed by atoms with Gasteiger partial charge in [0.25, 0.3) is 0 Å². The number of likely N-dealkylation sites (tertiary alicyclic amines) is 1. The normalized spacial score (nSPS) is 15.4. The molecule has 0 aromatic carbocycles. The smallest absolute Gasteiger partial charge is 0.358 e. The lowest BCUT2D eigenvalue weighted by atomic mass is 10.1. The lowest BCUT2D eigenvalue weighted by Crippen LogP contribution is -2.50. The third-order valence-corrected chi connectivity index (χ3v) is 2.64. The van der Waals surface area contributed by atoms with Crippen molar-refractivity contribution in [3.05, 3.63) is 24.5 Å². The van der Waals surface area contributed by atoms with E-state index in [0.29, 0.717) is 19.5 Å². The average Bonchev–Trinajstić information content (AvgIpc) is 2.65. The highest BCUT2D eigenvalue weighted by Crippen LogP contribution is 2.20. The standard InChI is InChI=1S/C10H12N4O3/c1-2-3-9(15)13-4-7(5-13)14-6-8(10(16)17)11-12-14/h2,6-7H,1,3-5H2,(H,16,17). The number of aromatic nitrogens is 3. The van der Waals surface area contributed by atoms with E-state index < -0.39 is 5.97 Å². The molecule has 7 heteroatoms. The highest BCUT2D eigenvalue weighted by Gasteiger charge is 2.32. The molecule has 0 unspecified atom stereocenters. The second-order valence-corrected chi connectivity index (χ2v) is 3.83. The van der Waals surface area contributed by atoms with Crippen LogP contribution in [0.5, 0.6) is 0 Å². The second-order valence-electron chi connectivity index (χ2n) is 3.83. The quantitative estimate of drug-likeness (QED) is 0.739. The number of carboxylic acids is 1. The van der Waals surface area contributed by atoms with Crippen molar-refractivity contribution in [1.29, 1.82) is 0 Å². The van der Waals surface area contributed by atoms with Crippen LogP contribution in [0.2, 0.25) is 0 Å². The minimum absolute atomic E-state index is 0.0179. The van der Waals surface area contributed by atoms with E-state index in [1.165, 1.54) is 10.9 Å². The van der Waals surface area contributed by atoms with Crippen LogP contribution < -0.4 is 0 Å². The summed E-state index contributed by atoms with van der Waals surface area (Å²) in [5, 5.41) is 15.9. The summed E-state index contributed by atoms with van der Waals surface area (Å²) in [7, 11) is 0. The Balaban J connectivity index is 1.92. The number of hydrogen-bond acceptors (Lipinski definition) is 4. The number of hydrogen-bond donors (Lipinski definition) is 1. The van der Waals surface area contributed by atoms with Crippen LogP contribution in [0.3, 0.4) is 0 Å². The molecule has 1 aliphatic rings. The molecule has 0 saturated carbocycles. The molecule has 0 atom stereocenters. The van der Waals surface area contributed by atoms with Gasteiger partial charge < -0.3 is 10.0 Å². The maximum absolute atomic E-state index is 11.4. The first-order valence-corrected chi connectivity index (χ1v) is 5.15. The molecule has 0 aliphatic carbocycles. The van der Waals surface area contributed by atoms with Crippen LogP contribution in [0.1, 0.15) is 23.0 Å². The van der Waals surface area contributed by atoms with E-state index in [0.717, 1.165) is 0 Å². The van der Waals surface area contributed by atoms with Gasteiger partial charge in [-0.25, -0.2) is 9.48 Å². The Morgan fingerprint density at radius 2 is 2.29 bits per heavy atom. The first-order chi connectivity index (χ1) is 8.11. The van der Waals surface area contributed by atoms with E-state index in [-0.39, 0.29) is 17.6 Å². The van der Waals surface area contributed by atoms with Crippen LogP contribution in [0.4, 0.5) is 0 Å². The van der Waals surface area contributed by atoms with Gasteiger partial charge >= 0.3 is 5.97 Å². The van der Waals surface area contributed by atoms with Gasteiger partial charge in [-0.3, -0.25) is 4.79 Å². The van der Waals surface area contributed by atoms with E-state index in [2.05, 4.69) is 16.9 Å². The number of aromatic carboxylic acids is 1. The van der Waals surface area contributed by atoms with E-state index in [1.807, 2.05) is 0 Å². The van der Waals surface area contributed by atoms with Crippen LogP contribution in [-0.4, -0.2) is 50.0 Å². The van der Waals surface area contributed by atoms with E-state index in [9.17, 15) is 9.59 Å². The largest absolute Gasteiger partial charge is 0.476 e. The summed E-state index contributed by atoms with van der Waals surface area (Å²) in [6, 6.07) is 0.0179. The molecule has 0 radical (unpaired) electrons. The van der Waals surface area contributed by atoms with Crippen molar-refractivity contribution in [1.82, 2.24) is 19.9 Å². The van der Waals surface area contributed by atoms with Crippen molar-refractivity contribution >= 4 is 11.9 Å². The number of carbonyl (C=O) groups is 2. The molecular weight excluding hydrogens is 224 g/mol. The topological polar surface area (TPSA) is 88.3 Å². The first-order valence-electron chi connectivity index (χ1n) is 5.15. The van der Waals surface area contributed by atoms with Crippen molar-refractivity contribution < 1.29 is 14.7 Å². The fourth-order valence-corrected chi connectivity index (χ4v) is 1.63. The average molecular weight is 236 g/mol. The van der Waals surface area contributed by atoms with Crippen LogP contribution in [0, 0.1) is 0 Å². The zero-order valence-corrected chi connectivity index (χ0v) is 9.11. The highest BCUT2D eigenvalue weighted by molar-refractivity contribution is 5.84. The predicted octanol–water partition coefficient (Wildman–Crippen LogP) is -0.0643. The second kappa shape index (κ2) is 4.36. The number of carbonyl (C=O) groups excluding carboxylic acids is 1. The summed E-state index contributed by atoms with van der Waals surface area (Å²) in [4.78, 5) is 23.7. The van der Waals surface area contributed by atoms with Gasteiger partial charge in [-0.1, -0.05) is 11.3 Å². The molecule has 1 saturated heterocycles. The zero-order valence-electron chi connectivity index (χ0n) is 9.11. The van der Waals surface area contributed by atoms with Gasteiger partial charge in [0.15, 0.2) is 5.69 Å². The molecule has 1 aromatic heterocycles. The van der Waals surface area contributed by atoms with Crippen molar-refractivity contribution in [2.45, 2.75) is 12.5 Å². The lowest BCUT2D eigenvalue weighted by molar-refractivity contribution is -0.136. The monoisotopic (exact) mass is 236 g/mol. The maximum Gasteiger partial charge on any atom is 0.358 e. The van der Waals surface area contributed by atoms with E-state index in [4.69, 9.17) is 5.11 Å². The minimum Gasteiger partial charge on any atom is -0.476 e. The molecule has 7 nitrogen and oxygen atoms in total. The third-order valence-electron chi connectivity index (χ3n) is 2.64. The van der Waals surface area contributed by atoms with Crippen LogP contribution in [-0.2, 0) is 4.79 Å². The van der Waals surface area contributed by atoms with Gasteiger partial charge in [0.1, 0.15) is 0 Å². The van der Waals surface area contributed by atoms with Crippen LogP contribution in [0.15, 0.2) is 18.9 Å². The molecule has 2 heterocycles. The van der Waals surface area contributed by atoms with Crippen molar-refractivity contribution in [3.63, 3.8) is 0 Å². The first kappa shape index (κ1) is 11.3. The van der Waals surface area contributed by atoms with E-state index >= 15 is 0 Å². The van der Waals surface area contributed by atoms with Crippen LogP contribution in [0.25, 0.3) is 0 Å². The van der Waals surface area contributed by atoms with Crippen LogP contribution >= 0.6 is 0 Å². The molecule has 90 valence electrons. The molecule has 2 rings (SSSR count). The van der Waals surface area contributed by atoms with Gasteiger partial charge in [-0.15, -0.1) is 11.7 Å². The molecule has 0 spiro atoms. The van der Waals surface area contributed by atoms with Gasteiger partial charge in [0, 0.05) is 19.5 Å². The molecular formula is C10H12N4O3. The summed E-state index contributed by atoms with van der Waals surface area (Å²) in [5.74, 6) is -1.08. The fourth-order valence-electron chi connectivity index (χ4n) is 1.63. The molecule has 1 N–H and O–H groups in total.